The lowest BCUT2D eigenvalue weighted by Gasteiger charge is -2.36. The van der Waals surface area contributed by atoms with Gasteiger partial charge in [0.25, 0.3) is 0 Å². The van der Waals surface area contributed by atoms with Gasteiger partial charge in [0, 0.05) is 44.1 Å². The van der Waals surface area contributed by atoms with Crippen LogP contribution in [0.4, 0.5) is 11.4 Å². The highest BCUT2D eigenvalue weighted by Gasteiger charge is 2.26. The van der Waals surface area contributed by atoms with Crippen molar-refractivity contribution in [2.75, 3.05) is 42.9 Å². The van der Waals surface area contributed by atoms with Gasteiger partial charge in [0.05, 0.1) is 6.54 Å². The standard InChI is InChI=1S/C22H29N5.HI/c23-22(25-20-4-2-1-3-5-20)24-16-18-8-10-21(11-9-18)27-14-12-26(13-15-27)17-19-6-7-19;/h1-5,8-11,19H,6-7,12-17H2,(H3,23,24,25);1H. The second-order valence-electron chi connectivity index (χ2n) is 7.59. The van der Waals surface area contributed by atoms with Crippen LogP contribution in [0.25, 0.3) is 0 Å². The number of halogens is 1. The molecule has 6 heteroatoms. The Bertz CT molecular complexity index is 750. The van der Waals surface area contributed by atoms with E-state index in [4.69, 9.17) is 5.73 Å². The summed E-state index contributed by atoms with van der Waals surface area (Å²) in [6.07, 6.45) is 2.88. The van der Waals surface area contributed by atoms with E-state index in [1.54, 1.807) is 0 Å². The SMILES string of the molecule is I.NC(=NCc1ccc(N2CCN(CC3CC3)CC2)cc1)Nc1ccccc1. The number of piperazine rings is 1. The highest BCUT2D eigenvalue weighted by atomic mass is 127. The fourth-order valence-corrected chi connectivity index (χ4v) is 3.55. The van der Waals surface area contributed by atoms with E-state index in [1.165, 1.54) is 43.7 Å². The Hall–Kier alpha value is -1.80. The average molecular weight is 491 g/mol. The third-order valence-corrected chi connectivity index (χ3v) is 5.37. The van der Waals surface area contributed by atoms with E-state index >= 15 is 0 Å². The van der Waals surface area contributed by atoms with Gasteiger partial charge in [0.15, 0.2) is 5.96 Å². The Morgan fingerprint density at radius 2 is 1.64 bits per heavy atom. The van der Waals surface area contributed by atoms with Crippen molar-refractivity contribution >= 4 is 41.3 Å². The molecule has 0 bridgehead atoms. The summed E-state index contributed by atoms with van der Waals surface area (Å²) < 4.78 is 0. The molecular weight excluding hydrogens is 461 g/mol. The molecule has 0 atom stereocenters. The maximum absolute atomic E-state index is 5.98. The summed E-state index contributed by atoms with van der Waals surface area (Å²) in [6, 6.07) is 18.6. The molecule has 0 amide bonds. The van der Waals surface area contributed by atoms with Gasteiger partial charge in [0.1, 0.15) is 0 Å². The molecule has 2 fully saturated rings. The Kier molecular flexibility index (Phi) is 7.56. The van der Waals surface area contributed by atoms with Gasteiger partial charge in [0.2, 0.25) is 0 Å². The molecule has 2 aromatic carbocycles. The number of nitrogens with zero attached hydrogens (tertiary/aromatic N) is 3. The van der Waals surface area contributed by atoms with Crippen LogP contribution in [0.3, 0.4) is 0 Å². The Labute approximate surface area is 185 Å². The maximum Gasteiger partial charge on any atom is 0.193 e. The van der Waals surface area contributed by atoms with Crippen molar-refractivity contribution in [3.8, 4) is 0 Å². The van der Waals surface area contributed by atoms with Crippen LogP contribution in [0.5, 0.6) is 0 Å². The van der Waals surface area contributed by atoms with E-state index in [-0.39, 0.29) is 24.0 Å². The first-order valence-electron chi connectivity index (χ1n) is 9.94. The molecule has 2 aromatic rings. The van der Waals surface area contributed by atoms with Crippen molar-refractivity contribution in [3.63, 3.8) is 0 Å². The van der Waals surface area contributed by atoms with Gasteiger partial charge in [-0.15, -0.1) is 24.0 Å². The minimum Gasteiger partial charge on any atom is -0.370 e. The number of anilines is 2. The third kappa shape index (κ3) is 6.10. The minimum atomic E-state index is 0. The zero-order valence-electron chi connectivity index (χ0n) is 16.3. The van der Waals surface area contributed by atoms with Gasteiger partial charge in [-0.1, -0.05) is 30.3 Å². The molecule has 5 nitrogen and oxygen atoms in total. The lowest BCUT2D eigenvalue weighted by Crippen LogP contribution is -2.47. The van der Waals surface area contributed by atoms with Crippen LogP contribution in [-0.4, -0.2) is 43.6 Å². The van der Waals surface area contributed by atoms with E-state index in [1.807, 2.05) is 30.3 Å². The van der Waals surface area contributed by atoms with Gasteiger partial charge in [-0.05, 0) is 48.6 Å². The molecule has 4 rings (SSSR count). The minimum absolute atomic E-state index is 0. The van der Waals surface area contributed by atoms with Gasteiger partial charge in [-0.3, -0.25) is 4.90 Å². The topological polar surface area (TPSA) is 56.9 Å². The zero-order chi connectivity index (χ0) is 18.5. The summed E-state index contributed by atoms with van der Waals surface area (Å²) in [7, 11) is 0. The predicted molar refractivity (Wildman–Crippen MR) is 129 cm³/mol. The molecule has 1 saturated carbocycles. The largest absolute Gasteiger partial charge is 0.370 e. The Morgan fingerprint density at radius 1 is 0.964 bits per heavy atom. The van der Waals surface area contributed by atoms with Crippen molar-refractivity contribution in [1.82, 2.24) is 4.90 Å². The molecule has 1 saturated heterocycles. The lowest BCUT2D eigenvalue weighted by atomic mass is 10.1. The van der Waals surface area contributed by atoms with Crippen molar-refractivity contribution in [2.45, 2.75) is 19.4 Å². The molecule has 0 unspecified atom stereocenters. The quantitative estimate of drug-likeness (QED) is 0.367. The van der Waals surface area contributed by atoms with Crippen LogP contribution >= 0.6 is 24.0 Å². The summed E-state index contributed by atoms with van der Waals surface area (Å²) in [5.41, 5.74) is 9.41. The smallest absolute Gasteiger partial charge is 0.193 e. The van der Waals surface area contributed by atoms with Crippen molar-refractivity contribution < 1.29 is 0 Å². The number of nitrogens with two attached hydrogens (primary N) is 1. The number of guanidine groups is 1. The van der Waals surface area contributed by atoms with Crippen molar-refractivity contribution in [2.24, 2.45) is 16.6 Å². The monoisotopic (exact) mass is 491 g/mol. The van der Waals surface area contributed by atoms with Gasteiger partial charge < -0.3 is 16.0 Å². The molecule has 0 spiro atoms. The van der Waals surface area contributed by atoms with Crippen molar-refractivity contribution in [1.29, 1.82) is 0 Å². The highest BCUT2D eigenvalue weighted by molar-refractivity contribution is 14.0. The highest BCUT2D eigenvalue weighted by Crippen LogP contribution is 2.30. The van der Waals surface area contributed by atoms with Crippen LogP contribution in [0.2, 0.25) is 0 Å². The first kappa shape index (κ1) is 20.9. The summed E-state index contributed by atoms with van der Waals surface area (Å²) >= 11 is 0. The first-order chi connectivity index (χ1) is 13.3. The van der Waals surface area contributed by atoms with Gasteiger partial charge in [-0.25, -0.2) is 4.99 Å². The normalized spacial score (nSPS) is 17.9. The third-order valence-electron chi connectivity index (χ3n) is 5.37. The van der Waals surface area contributed by atoms with E-state index in [0.717, 1.165) is 24.7 Å². The lowest BCUT2D eigenvalue weighted by molar-refractivity contribution is 0.248. The number of aliphatic imine (C=N–C) groups is 1. The molecule has 1 heterocycles. The van der Waals surface area contributed by atoms with Crippen LogP contribution < -0.4 is 16.0 Å². The molecule has 1 aliphatic heterocycles. The maximum atomic E-state index is 5.98. The summed E-state index contributed by atoms with van der Waals surface area (Å²) in [4.78, 5) is 9.55. The van der Waals surface area contributed by atoms with Crippen molar-refractivity contribution in [3.05, 3.63) is 60.2 Å². The number of hydrogen-bond acceptors (Lipinski definition) is 3. The molecule has 2 aliphatic rings. The summed E-state index contributed by atoms with van der Waals surface area (Å²) in [5, 5.41) is 3.11. The van der Waals surface area contributed by atoms with Crippen LogP contribution in [0, 0.1) is 5.92 Å². The second kappa shape index (κ2) is 10.1. The van der Waals surface area contributed by atoms with Gasteiger partial charge >= 0.3 is 0 Å². The van der Waals surface area contributed by atoms with Crippen LogP contribution in [0.1, 0.15) is 18.4 Å². The average Bonchev–Trinajstić information content (AvgIpc) is 3.52. The molecule has 0 aromatic heterocycles. The van der Waals surface area contributed by atoms with Gasteiger partial charge in [-0.2, -0.15) is 0 Å². The molecule has 1 aliphatic carbocycles. The predicted octanol–water partition coefficient (Wildman–Crippen LogP) is 3.76. The number of para-hydroxylation sites is 1. The molecule has 28 heavy (non-hydrogen) atoms. The Balaban J connectivity index is 0.00000225. The molecule has 0 radical (unpaired) electrons. The molecule has 150 valence electrons. The zero-order valence-corrected chi connectivity index (χ0v) is 18.6. The van der Waals surface area contributed by atoms with Crippen LogP contribution in [0.15, 0.2) is 59.6 Å². The Morgan fingerprint density at radius 3 is 2.29 bits per heavy atom. The number of rotatable bonds is 6. The fraction of sp³-hybridized carbons (Fsp3) is 0.409. The number of benzene rings is 2. The van der Waals surface area contributed by atoms with E-state index in [9.17, 15) is 0 Å². The summed E-state index contributed by atoms with van der Waals surface area (Å²) in [5.74, 6) is 1.43. The summed E-state index contributed by atoms with van der Waals surface area (Å²) in [6.45, 7) is 6.51. The molecular formula is C22H30IN5. The van der Waals surface area contributed by atoms with E-state index in [2.05, 4.69) is 44.4 Å². The second-order valence-corrected chi connectivity index (χ2v) is 7.59. The number of hydrogen-bond donors (Lipinski definition) is 2. The fourth-order valence-electron chi connectivity index (χ4n) is 3.55. The first-order valence-corrected chi connectivity index (χ1v) is 9.94. The van der Waals surface area contributed by atoms with E-state index < -0.39 is 0 Å². The number of nitrogens with one attached hydrogen (secondary N) is 1. The van der Waals surface area contributed by atoms with E-state index in [0.29, 0.717) is 12.5 Å². The van der Waals surface area contributed by atoms with Crippen LogP contribution in [-0.2, 0) is 6.54 Å². The molecule has 3 N–H and O–H groups in total.